The minimum Gasteiger partial charge on any atom is -0.368 e. The summed E-state index contributed by atoms with van der Waals surface area (Å²) < 4.78 is 7.77. The van der Waals surface area contributed by atoms with Crippen LogP contribution in [-0.2, 0) is 16.1 Å². The summed E-state index contributed by atoms with van der Waals surface area (Å²) in [4.78, 5) is 16.3. The van der Waals surface area contributed by atoms with Crippen LogP contribution in [0.4, 0.5) is 0 Å². The molecule has 24 heavy (non-hydrogen) atoms. The normalized spacial score (nSPS) is 19.7. The molecule has 2 atom stereocenters. The number of nitriles is 1. The fourth-order valence-corrected chi connectivity index (χ4v) is 2.83. The highest BCUT2D eigenvalue weighted by Gasteiger charge is 2.28. The van der Waals surface area contributed by atoms with E-state index in [1.165, 1.54) is 0 Å². The van der Waals surface area contributed by atoms with E-state index in [1.807, 2.05) is 25.3 Å². The molecule has 1 aliphatic heterocycles. The van der Waals surface area contributed by atoms with Gasteiger partial charge in [-0.05, 0) is 20.8 Å². The maximum atomic E-state index is 12.5. The maximum Gasteiger partial charge on any atom is 0.236 e. The fraction of sp³-hybridized carbons (Fsp3) is 0.750. The van der Waals surface area contributed by atoms with Crippen LogP contribution in [0.5, 0.6) is 0 Å². The third-order valence-corrected chi connectivity index (χ3v) is 4.23. The molecule has 0 spiro atoms. The number of rotatable bonds is 7. The monoisotopic (exact) mass is 334 g/mol. The predicted octanol–water partition coefficient (Wildman–Crippen LogP) is 0.679. The molecule has 8 nitrogen and oxygen atoms in total. The Balaban J connectivity index is 1.95. The lowest BCUT2D eigenvalue weighted by Gasteiger charge is -2.33. The summed E-state index contributed by atoms with van der Waals surface area (Å²) in [6.45, 7) is 9.92. The number of aryl methyl sites for hydroxylation is 1. The van der Waals surface area contributed by atoms with Gasteiger partial charge in [0.25, 0.3) is 0 Å². The first kappa shape index (κ1) is 18.4. The van der Waals surface area contributed by atoms with E-state index in [4.69, 9.17) is 10.00 Å². The number of amides is 1. The number of morpholine rings is 1. The molecule has 0 saturated carbocycles. The summed E-state index contributed by atoms with van der Waals surface area (Å²) in [5.41, 5.74) is 0. The van der Waals surface area contributed by atoms with Crippen molar-refractivity contribution in [2.24, 2.45) is 5.92 Å². The Hall–Kier alpha value is -1.98. The molecule has 0 radical (unpaired) electrons. The van der Waals surface area contributed by atoms with E-state index in [0.717, 1.165) is 12.4 Å². The van der Waals surface area contributed by atoms with Crippen LogP contribution in [0.3, 0.4) is 0 Å². The molecule has 1 aliphatic rings. The van der Waals surface area contributed by atoms with Crippen molar-refractivity contribution < 1.29 is 9.53 Å². The zero-order chi connectivity index (χ0) is 17.5. The Morgan fingerprint density at radius 1 is 1.58 bits per heavy atom. The minimum atomic E-state index is -0.165. The molecule has 1 saturated heterocycles. The highest BCUT2D eigenvalue weighted by atomic mass is 16.5. The third kappa shape index (κ3) is 4.52. The Morgan fingerprint density at radius 2 is 2.38 bits per heavy atom. The van der Waals surface area contributed by atoms with E-state index in [0.29, 0.717) is 39.3 Å². The summed E-state index contributed by atoms with van der Waals surface area (Å²) in [6.07, 6.45) is 1.53. The van der Waals surface area contributed by atoms with Gasteiger partial charge in [0.05, 0.1) is 25.1 Å². The lowest BCUT2D eigenvalue weighted by Crippen LogP contribution is -2.46. The van der Waals surface area contributed by atoms with E-state index < -0.39 is 0 Å². The Kier molecular flexibility index (Phi) is 6.70. The van der Waals surface area contributed by atoms with E-state index in [1.54, 1.807) is 11.2 Å². The van der Waals surface area contributed by atoms with Gasteiger partial charge in [0, 0.05) is 32.7 Å². The Labute approximate surface area is 143 Å². The topological polar surface area (TPSA) is 87.3 Å². The van der Waals surface area contributed by atoms with Crippen LogP contribution in [0.2, 0.25) is 0 Å². The standard InChI is InChI=1S/C16H26N6O2/c1-4-21(9-13(3)8-17)15(23)11-20-6-7-24-14(10-20)16-19-18-12-22(16)5-2/h12-14H,4-7,9-11H2,1-3H3/t13-,14+/m1/s1. The summed E-state index contributed by atoms with van der Waals surface area (Å²) in [5, 5.41) is 17.0. The quantitative estimate of drug-likeness (QED) is 0.729. The van der Waals surface area contributed by atoms with Crippen LogP contribution < -0.4 is 0 Å². The number of likely N-dealkylation sites (N-methyl/N-ethyl adjacent to an activating group) is 1. The van der Waals surface area contributed by atoms with Gasteiger partial charge in [-0.15, -0.1) is 10.2 Å². The first-order chi connectivity index (χ1) is 11.6. The largest absolute Gasteiger partial charge is 0.368 e. The van der Waals surface area contributed by atoms with E-state index in [2.05, 4.69) is 21.2 Å². The van der Waals surface area contributed by atoms with Gasteiger partial charge >= 0.3 is 0 Å². The van der Waals surface area contributed by atoms with Gasteiger partial charge in [-0.1, -0.05) is 0 Å². The van der Waals surface area contributed by atoms with Gasteiger partial charge in [0.1, 0.15) is 12.4 Å². The summed E-state index contributed by atoms with van der Waals surface area (Å²) in [6, 6.07) is 2.18. The summed E-state index contributed by atoms with van der Waals surface area (Å²) in [5.74, 6) is 0.701. The van der Waals surface area contributed by atoms with Crippen LogP contribution in [0.1, 0.15) is 32.7 Å². The van der Waals surface area contributed by atoms with Gasteiger partial charge in [-0.3, -0.25) is 9.69 Å². The average molecular weight is 334 g/mol. The number of carbonyl (C=O) groups excluding carboxylic acids is 1. The zero-order valence-electron chi connectivity index (χ0n) is 14.7. The molecule has 1 fully saturated rings. The molecule has 1 aromatic rings. The van der Waals surface area contributed by atoms with Gasteiger partial charge in [0.15, 0.2) is 5.82 Å². The number of hydrogen-bond acceptors (Lipinski definition) is 6. The van der Waals surface area contributed by atoms with Crippen molar-refractivity contribution in [1.29, 1.82) is 5.26 Å². The number of nitrogens with zero attached hydrogens (tertiary/aromatic N) is 6. The molecule has 1 aromatic heterocycles. The Bertz CT molecular complexity index is 581. The first-order valence-corrected chi connectivity index (χ1v) is 8.48. The van der Waals surface area contributed by atoms with Gasteiger partial charge in [-0.2, -0.15) is 5.26 Å². The molecule has 0 unspecified atom stereocenters. The molecule has 2 rings (SSSR count). The molecule has 8 heteroatoms. The SMILES string of the molecule is CCN(C[C@H](C)C#N)C(=O)CN1CCO[C@H](c2nncn2CC)C1. The molecule has 1 amide bonds. The number of carbonyl (C=O) groups is 1. The van der Waals surface area contributed by atoms with E-state index >= 15 is 0 Å². The highest BCUT2D eigenvalue weighted by Crippen LogP contribution is 2.20. The van der Waals surface area contributed by atoms with Gasteiger partial charge < -0.3 is 14.2 Å². The predicted molar refractivity (Wildman–Crippen MR) is 87.9 cm³/mol. The smallest absolute Gasteiger partial charge is 0.236 e. The number of hydrogen-bond donors (Lipinski definition) is 0. The van der Waals surface area contributed by atoms with Crippen LogP contribution in [0, 0.1) is 17.2 Å². The minimum absolute atomic E-state index is 0.0530. The second-order valence-corrected chi connectivity index (χ2v) is 6.03. The van der Waals surface area contributed by atoms with Gasteiger partial charge in [0.2, 0.25) is 5.91 Å². The molecule has 0 N–H and O–H groups in total. The number of aromatic nitrogens is 3. The van der Waals surface area contributed by atoms with Gasteiger partial charge in [-0.25, -0.2) is 0 Å². The molecule has 0 aliphatic carbocycles. The van der Waals surface area contributed by atoms with Crippen molar-refractivity contribution in [3.63, 3.8) is 0 Å². The third-order valence-electron chi connectivity index (χ3n) is 4.23. The molecule has 2 heterocycles. The van der Waals surface area contributed by atoms with E-state index in [9.17, 15) is 4.79 Å². The summed E-state index contributed by atoms with van der Waals surface area (Å²) >= 11 is 0. The summed E-state index contributed by atoms with van der Waals surface area (Å²) in [7, 11) is 0. The maximum absolute atomic E-state index is 12.5. The van der Waals surface area contributed by atoms with Crippen molar-refractivity contribution >= 4 is 5.91 Å². The average Bonchev–Trinajstić information content (AvgIpc) is 3.08. The molecule has 0 aromatic carbocycles. The fourth-order valence-electron chi connectivity index (χ4n) is 2.83. The van der Waals surface area contributed by atoms with Crippen molar-refractivity contribution in [1.82, 2.24) is 24.6 Å². The molecular weight excluding hydrogens is 308 g/mol. The van der Waals surface area contributed by atoms with Crippen LogP contribution in [-0.4, -0.2) is 69.8 Å². The lowest BCUT2D eigenvalue weighted by molar-refractivity contribution is -0.134. The van der Waals surface area contributed by atoms with Crippen molar-refractivity contribution in [3.8, 4) is 6.07 Å². The van der Waals surface area contributed by atoms with Crippen LogP contribution >= 0.6 is 0 Å². The zero-order valence-corrected chi connectivity index (χ0v) is 14.7. The molecule has 132 valence electrons. The molecular formula is C16H26N6O2. The molecule has 0 bridgehead atoms. The lowest BCUT2D eigenvalue weighted by atomic mass is 10.2. The second-order valence-electron chi connectivity index (χ2n) is 6.03. The Morgan fingerprint density at radius 3 is 3.04 bits per heavy atom. The number of ether oxygens (including phenoxy) is 1. The van der Waals surface area contributed by atoms with Crippen molar-refractivity contribution in [2.75, 3.05) is 39.3 Å². The van der Waals surface area contributed by atoms with Crippen molar-refractivity contribution in [3.05, 3.63) is 12.2 Å². The van der Waals surface area contributed by atoms with Crippen LogP contribution in [0.25, 0.3) is 0 Å². The van der Waals surface area contributed by atoms with Crippen molar-refractivity contribution in [2.45, 2.75) is 33.4 Å². The van der Waals surface area contributed by atoms with Crippen LogP contribution in [0.15, 0.2) is 6.33 Å². The first-order valence-electron chi connectivity index (χ1n) is 8.48. The van der Waals surface area contributed by atoms with E-state index in [-0.39, 0.29) is 17.9 Å². The second kappa shape index (κ2) is 8.76. The highest BCUT2D eigenvalue weighted by molar-refractivity contribution is 5.78.